The largest absolute Gasteiger partial charge is 0.0622 e. The van der Waals surface area contributed by atoms with Gasteiger partial charge in [0.05, 0.1) is 0 Å². The lowest BCUT2D eigenvalue weighted by Gasteiger charge is -2.08. The highest BCUT2D eigenvalue weighted by Gasteiger charge is 2.05. The van der Waals surface area contributed by atoms with E-state index in [1.807, 2.05) is 0 Å². The third kappa shape index (κ3) is 7.41. The zero-order chi connectivity index (χ0) is 32.4. The van der Waals surface area contributed by atoms with Gasteiger partial charge in [-0.3, -0.25) is 0 Å². The molecule has 7 rings (SSSR count). The van der Waals surface area contributed by atoms with E-state index < -0.39 is 0 Å². The SMILES string of the molecule is C(=Cc1ccccc1-c1ccccc1)c1cc(C=Cc2ccccc2-c2ccccc2)cc(C=Cc2ccccc2-c2ccccc2)c1. The van der Waals surface area contributed by atoms with Crippen LogP contribution in [0.1, 0.15) is 33.4 Å². The molecule has 0 heteroatoms. The molecule has 48 heavy (non-hydrogen) atoms. The first-order valence-corrected chi connectivity index (χ1v) is 16.4. The van der Waals surface area contributed by atoms with Crippen LogP contribution in [0.3, 0.4) is 0 Å². The molecule has 0 nitrogen and oxygen atoms in total. The van der Waals surface area contributed by atoms with Gasteiger partial charge in [0.2, 0.25) is 0 Å². The smallest absolute Gasteiger partial charge is 0.0111 e. The van der Waals surface area contributed by atoms with Gasteiger partial charge in [0, 0.05) is 0 Å². The van der Waals surface area contributed by atoms with E-state index in [1.54, 1.807) is 0 Å². The molecule has 0 aliphatic rings. The van der Waals surface area contributed by atoms with Gasteiger partial charge < -0.3 is 0 Å². The zero-order valence-electron chi connectivity index (χ0n) is 26.8. The van der Waals surface area contributed by atoms with Crippen molar-refractivity contribution >= 4 is 36.5 Å². The molecule has 0 spiro atoms. The lowest BCUT2D eigenvalue weighted by molar-refractivity contribution is 1.57. The molecule has 7 aromatic carbocycles. The predicted octanol–water partition coefficient (Wildman–Crippen LogP) is 13.2. The minimum atomic E-state index is 1.15. The van der Waals surface area contributed by atoms with Gasteiger partial charge in [0.15, 0.2) is 0 Å². The molecule has 0 heterocycles. The molecule has 0 aliphatic carbocycles. The van der Waals surface area contributed by atoms with Crippen LogP contribution in [-0.4, -0.2) is 0 Å². The van der Waals surface area contributed by atoms with Crippen LogP contribution in [-0.2, 0) is 0 Å². The van der Waals surface area contributed by atoms with Crippen LogP contribution in [0.2, 0.25) is 0 Å². The molecule has 0 radical (unpaired) electrons. The van der Waals surface area contributed by atoms with Crippen molar-refractivity contribution in [1.82, 2.24) is 0 Å². The number of hydrogen-bond donors (Lipinski definition) is 0. The summed E-state index contributed by atoms with van der Waals surface area (Å²) in [5, 5.41) is 0. The summed E-state index contributed by atoms with van der Waals surface area (Å²) in [6.45, 7) is 0. The molecule has 0 unspecified atom stereocenters. The quantitative estimate of drug-likeness (QED) is 0.142. The Balaban J connectivity index is 1.27. The van der Waals surface area contributed by atoms with E-state index in [4.69, 9.17) is 0 Å². The Morgan fingerprint density at radius 3 is 0.771 bits per heavy atom. The van der Waals surface area contributed by atoms with Gasteiger partial charge in [-0.05, 0) is 85.0 Å². The van der Waals surface area contributed by atoms with Crippen LogP contribution in [0.15, 0.2) is 182 Å². The highest BCUT2D eigenvalue weighted by molar-refractivity contribution is 5.86. The monoisotopic (exact) mass is 612 g/mol. The molecule has 0 atom stereocenters. The molecule has 0 bridgehead atoms. The summed E-state index contributed by atoms with van der Waals surface area (Å²) in [7, 11) is 0. The molecule has 7 aromatic rings. The Morgan fingerprint density at radius 2 is 0.479 bits per heavy atom. The number of rotatable bonds is 9. The molecule has 0 aromatic heterocycles. The van der Waals surface area contributed by atoms with E-state index in [-0.39, 0.29) is 0 Å². The van der Waals surface area contributed by atoms with Gasteiger partial charge >= 0.3 is 0 Å². The average molecular weight is 613 g/mol. The molecule has 0 saturated carbocycles. The second-order valence-electron chi connectivity index (χ2n) is 11.8. The maximum Gasteiger partial charge on any atom is -0.0111 e. The standard InChI is InChI=1S/C48H36/c1-4-16-40(17-5-1)46-25-13-10-22-43(46)31-28-37-34-38(29-32-44-23-11-14-26-47(44)41-18-6-2-7-19-41)36-39(35-37)30-33-45-24-12-15-27-48(45)42-20-8-3-9-21-42/h1-36H. The Kier molecular flexibility index (Phi) is 9.44. The molecule has 0 fully saturated rings. The third-order valence-corrected chi connectivity index (χ3v) is 8.50. The zero-order valence-corrected chi connectivity index (χ0v) is 26.8. The van der Waals surface area contributed by atoms with Crippen molar-refractivity contribution in [2.24, 2.45) is 0 Å². The lowest BCUT2D eigenvalue weighted by Crippen LogP contribution is -1.85. The van der Waals surface area contributed by atoms with Crippen molar-refractivity contribution in [3.05, 3.63) is 215 Å². The first-order chi connectivity index (χ1) is 23.8. The molecular weight excluding hydrogens is 577 g/mol. The van der Waals surface area contributed by atoms with E-state index in [0.29, 0.717) is 0 Å². The fourth-order valence-electron chi connectivity index (χ4n) is 6.12. The van der Waals surface area contributed by atoms with Crippen LogP contribution in [0.5, 0.6) is 0 Å². The Hall–Kier alpha value is -6.24. The number of benzene rings is 7. The fraction of sp³-hybridized carbons (Fsp3) is 0. The summed E-state index contributed by atoms with van der Waals surface area (Å²) in [6, 6.07) is 64.3. The van der Waals surface area contributed by atoms with E-state index in [1.165, 1.54) is 50.1 Å². The maximum atomic E-state index is 2.26. The molecular formula is C48H36. The van der Waals surface area contributed by atoms with E-state index in [0.717, 1.165) is 16.7 Å². The fourth-order valence-corrected chi connectivity index (χ4v) is 6.12. The second-order valence-corrected chi connectivity index (χ2v) is 11.8. The van der Waals surface area contributed by atoms with Crippen LogP contribution in [0, 0.1) is 0 Å². The van der Waals surface area contributed by atoms with Crippen LogP contribution in [0.25, 0.3) is 69.8 Å². The summed E-state index contributed by atoms with van der Waals surface area (Å²) >= 11 is 0. The van der Waals surface area contributed by atoms with Crippen LogP contribution < -0.4 is 0 Å². The van der Waals surface area contributed by atoms with Crippen molar-refractivity contribution in [3.8, 4) is 33.4 Å². The first kappa shape index (κ1) is 30.4. The summed E-state index contributed by atoms with van der Waals surface area (Å²) in [5.74, 6) is 0. The molecule has 0 amide bonds. The van der Waals surface area contributed by atoms with Gasteiger partial charge in [-0.2, -0.15) is 0 Å². The van der Waals surface area contributed by atoms with Gasteiger partial charge in [0.1, 0.15) is 0 Å². The molecule has 0 saturated heterocycles. The van der Waals surface area contributed by atoms with Crippen LogP contribution in [0.4, 0.5) is 0 Å². The van der Waals surface area contributed by atoms with Gasteiger partial charge in [-0.1, -0.05) is 200 Å². The Morgan fingerprint density at radius 1 is 0.229 bits per heavy atom. The first-order valence-electron chi connectivity index (χ1n) is 16.4. The van der Waals surface area contributed by atoms with E-state index in [9.17, 15) is 0 Å². The predicted molar refractivity (Wildman–Crippen MR) is 209 cm³/mol. The highest BCUT2D eigenvalue weighted by Crippen LogP contribution is 2.29. The maximum absolute atomic E-state index is 2.26. The molecule has 0 aliphatic heterocycles. The average Bonchev–Trinajstić information content (AvgIpc) is 3.17. The highest BCUT2D eigenvalue weighted by atomic mass is 14.1. The summed E-state index contributed by atoms with van der Waals surface area (Å²) in [5.41, 5.74) is 14.3. The summed E-state index contributed by atoms with van der Waals surface area (Å²) < 4.78 is 0. The van der Waals surface area contributed by atoms with Crippen molar-refractivity contribution in [1.29, 1.82) is 0 Å². The lowest BCUT2D eigenvalue weighted by atomic mass is 9.96. The van der Waals surface area contributed by atoms with Gasteiger partial charge in [0.25, 0.3) is 0 Å². The topological polar surface area (TPSA) is 0 Å². The van der Waals surface area contributed by atoms with Crippen molar-refractivity contribution in [2.45, 2.75) is 0 Å². The van der Waals surface area contributed by atoms with Crippen molar-refractivity contribution in [2.75, 3.05) is 0 Å². The van der Waals surface area contributed by atoms with E-state index >= 15 is 0 Å². The summed E-state index contributed by atoms with van der Waals surface area (Å²) in [4.78, 5) is 0. The minimum Gasteiger partial charge on any atom is -0.0622 e. The number of hydrogen-bond acceptors (Lipinski definition) is 0. The molecule has 0 N–H and O–H groups in total. The normalized spacial score (nSPS) is 11.5. The van der Waals surface area contributed by atoms with Crippen LogP contribution >= 0.6 is 0 Å². The summed E-state index contributed by atoms with van der Waals surface area (Å²) in [6.07, 6.45) is 13.4. The second kappa shape index (κ2) is 14.9. The molecule has 228 valence electrons. The van der Waals surface area contributed by atoms with Crippen molar-refractivity contribution < 1.29 is 0 Å². The van der Waals surface area contributed by atoms with Gasteiger partial charge in [-0.25, -0.2) is 0 Å². The Bertz CT molecular complexity index is 1930. The Labute approximate surface area is 284 Å². The van der Waals surface area contributed by atoms with Gasteiger partial charge in [-0.15, -0.1) is 0 Å². The van der Waals surface area contributed by atoms with E-state index in [2.05, 4.69) is 218 Å². The minimum absolute atomic E-state index is 1.15. The third-order valence-electron chi connectivity index (χ3n) is 8.50. The van der Waals surface area contributed by atoms with Crippen molar-refractivity contribution in [3.63, 3.8) is 0 Å².